The van der Waals surface area contributed by atoms with Gasteiger partial charge in [-0.25, -0.2) is 13.8 Å². The van der Waals surface area contributed by atoms with Crippen molar-refractivity contribution in [3.8, 4) is 17.0 Å². The van der Waals surface area contributed by atoms with Gasteiger partial charge in [0.15, 0.2) is 17.4 Å². The Bertz CT molecular complexity index is 770. The Morgan fingerprint density at radius 2 is 2.18 bits per heavy atom. The van der Waals surface area contributed by atoms with Gasteiger partial charge in [0.1, 0.15) is 5.69 Å². The second kappa shape index (κ2) is 5.92. The number of halogens is 2. The van der Waals surface area contributed by atoms with Gasteiger partial charge in [-0.1, -0.05) is 5.21 Å². The number of imidazole rings is 1. The van der Waals surface area contributed by atoms with Crippen molar-refractivity contribution in [1.29, 1.82) is 0 Å². The van der Waals surface area contributed by atoms with Crippen LogP contribution in [0, 0.1) is 11.6 Å². The van der Waals surface area contributed by atoms with Crippen molar-refractivity contribution in [1.82, 2.24) is 25.0 Å². The van der Waals surface area contributed by atoms with Crippen LogP contribution in [0.1, 0.15) is 5.69 Å². The van der Waals surface area contributed by atoms with E-state index in [1.807, 2.05) is 0 Å². The van der Waals surface area contributed by atoms with Gasteiger partial charge in [0.25, 0.3) is 0 Å². The molecule has 0 radical (unpaired) electrons. The van der Waals surface area contributed by atoms with Gasteiger partial charge >= 0.3 is 0 Å². The number of aromatic amines is 1. The molecule has 0 aliphatic heterocycles. The van der Waals surface area contributed by atoms with Gasteiger partial charge in [0.05, 0.1) is 19.6 Å². The number of methoxy groups -OCH3 is 1. The fourth-order valence-corrected chi connectivity index (χ4v) is 2.10. The number of hydrogen-bond donors (Lipinski definition) is 1. The number of aromatic nitrogens is 5. The quantitative estimate of drug-likeness (QED) is 0.784. The summed E-state index contributed by atoms with van der Waals surface area (Å²) in [5.41, 5.74) is 1.43. The van der Waals surface area contributed by atoms with E-state index in [1.54, 1.807) is 23.4 Å². The van der Waals surface area contributed by atoms with Crippen molar-refractivity contribution < 1.29 is 13.5 Å². The van der Waals surface area contributed by atoms with Crippen LogP contribution in [0.25, 0.3) is 11.3 Å². The minimum atomic E-state index is -0.789. The summed E-state index contributed by atoms with van der Waals surface area (Å²) in [7, 11) is 1.21. The number of ether oxygens (including phenoxy) is 1. The van der Waals surface area contributed by atoms with E-state index in [2.05, 4.69) is 20.3 Å². The first kappa shape index (κ1) is 14.2. The maximum atomic E-state index is 14.2. The molecule has 0 bridgehead atoms. The summed E-state index contributed by atoms with van der Waals surface area (Å²) in [6.07, 6.45) is 5.62. The minimum absolute atomic E-state index is 0.144. The topological polar surface area (TPSA) is 68.6 Å². The van der Waals surface area contributed by atoms with Crippen molar-refractivity contribution in [2.45, 2.75) is 13.0 Å². The van der Waals surface area contributed by atoms with Crippen LogP contribution in [-0.2, 0) is 13.0 Å². The van der Waals surface area contributed by atoms with Crippen molar-refractivity contribution in [3.05, 3.63) is 48.2 Å². The van der Waals surface area contributed by atoms with E-state index in [9.17, 15) is 8.78 Å². The molecule has 3 aromatic rings. The zero-order valence-electron chi connectivity index (χ0n) is 11.8. The molecule has 0 amide bonds. The molecule has 1 N–H and O–H groups in total. The summed E-state index contributed by atoms with van der Waals surface area (Å²) in [6.45, 7) is 0.565. The lowest BCUT2D eigenvalue weighted by molar-refractivity contribution is 0.360. The Morgan fingerprint density at radius 3 is 2.91 bits per heavy atom. The number of aryl methyl sites for hydroxylation is 2. The van der Waals surface area contributed by atoms with Gasteiger partial charge in [-0.3, -0.25) is 4.68 Å². The van der Waals surface area contributed by atoms with E-state index in [4.69, 9.17) is 4.74 Å². The Hall–Kier alpha value is -2.77. The highest BCUT2D eigenvalue weighted by atomic mass is 19.1. The molecular weight excluding hydrogens is 292 g/mol. The van der Waals surface area contributed by atoms with Crippen LogP contribution < -0.4 is 4.74 Å². The van der Waals surface area contributed by atoms with Gasteiger partial charge in [0.2, 0.25) is 0 Å². The second-order valence-corrected chi connectivity index (χ2v) is 4.64. The molecule has 0 spiro atoms. The number of nitrogens with one attached hydrogen (secondary N) is 1. The summed E-state index contributed by atoms with van der Waals surface area (Å²) in [6, 6.07) is 2.46. The lowest BCUT2D eigenvalue weighted by atomic mass is 10.1. The summed E-state index contributed by atoms with van der Waals surface area (Å²) in [4.78, 5) is 6.91. The standard InChI is InChI=1S/C14H13F2N5O/c1-22-14-11(15)3-2-10(13(14)16)12-7-21(20-19-12)5-4-9-6-17-8-18-9/h2-3,6-8H,4-5H2,1H3,(H,17,18). The van der Waals surface area contributed by atoms with Crippen molar-refractivity contribution in [3.63, 3.8) is 0 Å². The van der Waals surface area contributed by atoms with Crippen LogP contribution in [0.5, 0.6) is 5.75 Å². The van der Waals surface area contributed by atoms with E-state index in [-0.39, 0.29) is 5.56 Å². The van der Waals surface area contributed by atoms with E-state index < -0.39 is 17.4 Å². The van der Waals surface area contributed by atoms with E-state index in [1.165, 1.54) is 13.2 Å². The smallest absolute Gasteiger partial charge is 0.191 e. The normalized spacial score (nSPS) is 10.9. The molecule has 0 aliphatic carbocycles. The Balaban J connectivity index is 1.81. The third kappa shape index (κ3) is 2.67. The molecule has 0 atom stereocenters. The van der Waals surface area contributed by atoms with Gasteiger partial charge in [-0.2, -0.15) is 0 Å². The minimum Gasteiger partial charge on any atom is -0.491 e. The maximum absolute atomic E-state index is 14.2. The second-order valence-electron chi connectivity index (χ2n) is 4.64. The molecule has 0 fully saturated rings. The Morgan fingerprint density at radius 1 is 1.32 bits per heavy atom. The first-order valence-electron chi connectivity index (χ1n) is 6.59. The number of hydrogen-bond acceptors (Lipinski definition) is 4. The third-order valence-corrected chi connectivity index (χ3v) is 3.23. The van der Waals surface area contributed by atoms with Crippen LogP contribution in [0.15, 0.2) is 30.9 Å². The van der Waals surface area contributed by atoms with Crippen molar-refractivity contribution >= 4 is 0 Å². The summed E-state index contributed by atoms with van der Waals surface area (Å²) >= 11 is 0. The average Bonchev–Trinajstić information content (AvgIpc) is 3.17. The summed E-state index contributed by atoms with van der Waals surface area (Å²) < 4.78 is 33.9. The number of nitrogens with zero attached hydrogens (tertiary/aromatic N) is 4. The molecule has 0 saturated carbocycles. The SMILES string of the molecule is COc1c(F)ccc(-c2cn(CCc3cnc[nH]3)nn2)c1F. The fourth-order valence-electron chi connectivity index (χ4n) is 2.10. The molecule has 2 heterocycles. The number of H-pyrrole nitrogens is 1. The molecular formula is C14H13F2N5O. The van der Waals surface area contributed by atoms with Gasteiger partial charge in [0, 0.05) is 30.4 Å². The average molecular weight is 305 g/mol. The number of benzene rings is 1. The maximum Gasteiger partial charge on any atom is 0.191 e. The lowest BCUT2D eigenvalue weighted by Gasteiger charge is -2.06. The monoisotopic (exact) mass is 305 g/mol. The fraction of sp³-hybridized carbons (Fsp3) is 0.214. The molecule has 8 heteroatoms. The molecule has 6 nitrogen and oxygen atoms in total. The summed E-state index contributed by atoms with van der Waals surface area (Å²) in [5, 5.41) is 7.86. The molecule has 114 valence electrons. The Kier molecular flexibility index (Phi) is 3.82. The van der Waals surface area contributed by atoms with Crippen LogP contribution in [0.4, 0.5) is 8.78 Å². The Labute approximate surface area is 124 Å². The molecule has 3 rings (SSSR count). The first-order chi connectivity index (χ1) is 10.7. The van der Waals surface area contributed by atoms with Gasteiger partial charge in [-0.05, 0) is 12.1 Å². The molecule has 22 heavy (non-hydrogen) atoms. The predicted molar refractivity (Wildman–Crippen MR) is 74.2 cm³/mol. The lowest BCUT2D eigenvalue weighted by Crippen LogP contribution is -2.02. The largest absolute Gasteiger partial charge is 0.491 e. The first-order valence-corrected chi connectivity index (χ1v) is 6.59. The zero-order valence-corrected chi connectivity index (χ0v) is 11.8. The van der Waals surface area contributed by atoms with E-state index >= 15 is 0 Å². The molecule has 1 aromatic carbocycles. The highest BCUT2D eigenvalue weighted by molar-refractivity contribution is 5.61. The van der Waals surface area contributed by atoms with E-state index in [0.717, 1.165) is 11.8 Å². The van der Waals surface area contributed by atoms with Crippen molar-refractivity contribution in [2.24, 2.45) is 0 Å². The highest BCUT2D eigenvalue weighted by Gasteiger charge is 2.17. The van der Waals surface area contributed by atoms with Crippen LogP contribution in [0.3, 0.4) is 0 Å². The molecule has 0 unspecified atom stereocenters. The van der Waals surface area contributed by atoms with Crippen LogP contribution in [0.2, 0.25) is 0 Å². The molecule has 0 aliphatic rings. The van der Waals surface area contributed by atoms with Crippen LogP contribution in [-0.4, -0.2) is 32.1 Å². The predicted octanol–water partition coefficient (Wildman–Crippen LogP) is 2.20. The molecule has 2 aromatic heterocycles. The highest BCUT2D eigenvalue weighted by Crippen LogP contribution is 2.30. The third-order valence-electron chi connectivity index (χ3n) is 3.23. The number of rotatable bonds is 5. The summed E-state index contributed by atoms with van der Waals surface area (Å²) in [5.74, 6) is -1.97. The van der Waals surface area contributed by atoms with Crippen LogP contribution >= 0.6 is 0 Å². The molecule has 0 saturated heterocycles. The van der Waals surface area contributed by atoms with E-state index in [0.29, 0.717) is 18.7 Å². The van der Waals surface area contributed by atoms with Gasteiger partial charge < -0.3 is 9.72 Å². The van der Waals surface area contributed by atoms with Gasteiger partial charge in [-0.15, -0.1) is 5.10 Å². The van der Waals surface area contributed by atoms with Crippen molar-refractivity contribution in [2.75, 3.05) is 7.11 Å². The zero-order chi connectivity index (χ0) is 15.5.